The van der Waals surface area contributed by atoms with Crippen LogP contribution in [0, 0.1) is 11.8 Å². The van der Waals surface area contributed by atoms with E-state index in [1.165, 1.54) is 5.56 Å². The van der Waals surface area contributed by atoms with Crippen molar-refractivity contribution in [1.29, 1.82) is 0 Å². The molecule has 3 aromatic rings. The molecule has 2 N–H and O–H groups in total. The second kappa shape index (κ2) is 12.2. The van der Waals surface area contributed by atoms with Crippen LogP contribution in [-0.4, -0.2) is 53.1 Å². The summed E-state index contributed by atoms with van der Waals surface area (Å²) in [6.07, 6.45) is 5.02. The molecule has 0 radical (unpaired) electrons. The largest absolute Gasteiger partial charge is 0.394 e. The summed E-state index contributed by atoms with van der Waals surface area (Å²) in [5.41, 5.74) is 3.55. The smallest absolute Gasteiger partial charge is 0.270 e. The number of ether oxygens (including phenoxy) is 2. The van der Waals surface area contributed by atoms with Gasteiger partial charge in [-0.3, -0.25) is 9.78 Å². The Morgan fingerprint density at radius 3 is 2.41 bits per heavy atom. The molecule has 2 aromatic carbocycles. The third kappa shape index (κ3) is 6.64. The number of hydrogen-bond acceptors (Lipinski definition) is 5. The number of nitrogens with zero attached hydrogens (tertiary/aromatic N) is 1. The number of carbonyl (C=O) groups is 1. The number of aliphatic hydroxyl groups excluding tert-OH is 1. The third-order valence-electron chi connectivity index (χ3n) is 7.05. The lowest BCUT2D eigenvalue weighted by Crippen LogP contribution is -2.57. The molecule has 0 spiro atoms. The summed E-state index contributed by atoms with van der Waals surface area (Å²) < 4.78 is 12.6. The lowest BCUT2D eigenvalue weighted by molar-refractivity contribution is -0.201. The van der Waals surface area contributed by atoms with Gasteiger partial charge >= 0.3 is 0 Å². The Kier molecular flexibility index (Phi) is 8.27. The molecule has 5 rings (SSSR count). The summed E-state index contributed by atoms with van der Waals surface area (Å²) >= 11 is 0. The van der Waals surface area contributed by atoms with Crippen LogP contribution >= 0.6 is 0 Å². The molecule has 5 atom stereocenters. The first kappa shape index (κ1) is 25.2. The van der Waals surface area contributed by atoms with Gasteiger partial charge < -0.3 is 19.9 Å². The molecule has 1 aromatic heterocycles. The summed E-state index contributed by atoms with van der Waals surface area (Å²) in [6, 6.07) is 23.4. The normalized spacial score (nSPS) is 24.8. The fraction of sp³-hybridized carbons (Fsp3) is 0.355. The Balaban J connectivity index is 1.24. The molecule has 0 bridgehead atoms. The van der Waals surface area contributed by atoms with Crippen LogP contribution in [0.2, 0.25) is 0 Å². The van der Waals surface area contributed by atoms with Gasteiger partial charge in [0.2, 0.25) is 0 Å². The molecule has 1 amide bonds. The van der Waals surface area contributed by atoms with Crippen molar-refractivity contribution in [3.8, 4) is 11.8 Å². The molecule has 2 fully saturated rings. The predicted octanol–water partition coefficient (Wildman–Crippen LogP) is 3.91. The molecule has 2 aliphatic rings. The van der Waals surface area contributed by atoms with Gasteiger partial charge in [-0.05, 0) is 74.1 Å². The highest BCUT2D eigenvalue weighted by molar-refractivity contribution is 5.92. The standard InChI is InChI=1S/C31H32N2O4/c34-21-25-16-18-29-30(36-25)20-27(33-31(35)26-8-4-5-19-32-26)28(37-29)17-15-24-13-11-23(12-14-24)10-9-22-6-2-1-3-7-22/h1-8,11-14,19,25,27-30,34H,15-18,20-21H2,(H,33,35)/t25-,27-,28-,29+,30+/m1/s1. The van der Waals surface area contributed by atoms with E-state index < -0.39 is 0 Å². The molecule has 6 nitrogen and oxygen atoms in total. The van der Waals surface area contributed by atoms with Crippen molar-refractivity contribution in [3.63, 3.8) is 0 Å². The van der Waals surface area contributed by atoms with Gasteiger partial charge in [0, 0.05) is 17.3 Å². The van der Waals surface area contributed by atoms with Crippen LogP contribution in [-0.2, 0) is 15.9 Å². The Labute approximate surface area is 218 Å². The summed E-state index contributed by atoms with van der Waals surface area (Å²) in [4.78, 5) is 17.1. The van der Waals surface area contributed by atoms with Crippen molar-refractivity contribution < 1.29 is 19.4 Å². The van der Waals surface area contributed by atoms with Crippen molar-refractivity contribution in [2.75, 3.05) is 6.61 Å². The van der Waals surface area contributed by atoms with Gasteiger partial charge in [-0.1, -0.05) is 48.2 Å². The van der Waals surface area contributed by atoms with E-state index in [2.05, 4.69) is 34.3 Å². The molecule has 190 valence electrons. The maximum absolute atomic E-state index is 12.9. The van der Waals surface area contributed by atoms with Crippen molar-refractivity contribution in [3.05, 3.63) is 101 Å². The number of rotatable bonds is 6. The highest BCUT2D eigenvalue weighted by atomic mass is 16.6. The van der Waals surface area contributed by atoms with Crippen LogP contribution in [0.3, 0.4) is 0 Å². The molecular weight excluding hydrogens is 464 g/mol. The van der Waals surface area contributed by atoms with Crippen LogP contribution in [0.1, 0.15) is 52.9 Å². The maximum atomic E-state index is 12.9. The van der Waals surface area contributed by atoms with E-state index in [9.17, 15) is 9.90 Å². The fourth-order valence-corrected chi connectivity index (χ4v) is 5.05. The third-order valence-corrected chi connectivity index (χ3v) is 7.05. The number of carbonyl (C=O) groups excluding carboxylic acids is 1. The van der Waals surface area contributed by atoms with E-state index >= 15 is 0 Å². The first-order valence-corrected chi connectivity index (χ1v) is 13.0. The molecule has 6 heteroatoms. The summed E-state index contributed by atoms with van der Waals surface area (Å²) in [7, 11) is 0. The Hall–Kier alpha value is -3.50. The number of hydrogen-bond donors (Lipinski definition) is 2. The number of aliphatic hydroxyl groups is 1. The monoisotopic (exact) mass is 496 g/mol. The quantitative estimate of drug-likeness (QED) is 0.506. The van der Waals surface area contributed by atoms with Crippen molar-refractivity contribution in [2.24, 2.45) is 0 Å². The van der Waals surface area contributed by atoms with Gasteiger partial charge in [-0.2, -0.15) is 0 Å². The van der Waals surface area contributed by atoms with Gasteiger partial charge in [-0.15, -0.1) is 0 Å². The second-order valence-electron chi connectivity index (χ2n) is 9.65. The van der Waals surface area contributed by atoms with Crippen molar-refractivity contribution in [2.45, 2.75) is 62.6 Å². The number of fused-ring (bicyclic) bond motifs is 1. The first-order chi connectivity index (χ1) is 18.2. The topological polar surface area (TPSA) is 80.7 Å². The second-order valence-corrected chi connectivity index (χ2v) is 9.65. The van der Waals surface area contributed by atoms with Crippen molar-refractivity contribution in [1.82, 2.24) is 10.3 Å². The predicted molar refractivity (Wildman–Crippen MR) is 141 cm³/mol. The number of benzene rings is 2. The van der Waals surface area contributed by atoms with Crippen LogP contribution in [0.5, 0.6) is 0 Å². The average Bonchev–Trinajstić information content (AvgIpc) is 2.96. The van der Waals surface area contributed by atoms with E-state index in [0.29, 0.717) is 12.1 Å². The number of aryl methyl sites for hydroxylation is 1. The first-order valence-electron chi connectivity index (χ1n) is 13.0. The number of aromatic nitrogens is 1. The number of amides is 1. The van der Waals surface area contributed by atoms with Crippen molar-refractivity contribution >= 4 is 5.91 Å². The zero-order chi connectivity index (χ0) is 25.5. The highest BCUT2D eigenvalue weighted by Crippen LogP contribution is 2.33. The van der Waals surface area contributed by atoms with Crippen LogP contribution < -0.4 is 5.32 Å². The minimum Gasteiger partial charge on any atom is -0.394 e. The Morgan fingerprint density at radius 2 is 1.68 bits per heavy atom. The zero-order valence-corrected chi connectivity index (χ0v) is 20.8. The average molecular weight is 497 g/mol. The molecule has 0 aliphatic carbocycles. The van der Waals surface area contributed by atoms with E-state index in [4.69, 9.17) is 9.47 Å². The van der Waals surface area contributed by atoms with Crippen LogP contribution in [0.15, 0.2) is 79.0 Å². The highest BCUT2D eigenvalue weighted by Gasteiger charge is 2.42. The SMILES string of the molecule is O=C(N[C@@H]1C[C@@H]2O[C@@H](CO)CC[C@@H]2O[C@@H]1CCc1ccc(C#Cc2ccccc2)cc1)c1ccccn1. The lowest BCUT2D eigenvalue weighted by atomic mass is 9.88. The van der Waals surface area contributed by atoms with E-state index in [1.807, 2.05) is 42.5 Å². The van der Waals surface area contributed by atoms with E-state index in [1.54, 1.807) is 24.4 Å². The summed E-state index contributed by atoms with van der Waals surface area (Å²) in [5.74, 6) is 6.20. The summed E-state index contributed by atoms with van der Waals surface area (Å²) in [6.45, 7) is 0.00330. The lowest BCUT2D eigenvalue weighted by Gasteiger charge is -2.45. The Morgan fingerprint density at radius 1 is 0.919 bits per heavy atom. The molecule has 37 heavy (non-hydrogen) atoms. The van der Waals surface area contributed by atoms with Gasteiger partial charge in [-0.25, -0.2) is 0 Å². The van der Waals surface area contributed by atoms with E-state index in [0.717, 1.165) is 36.8 Å². The molecule has 2 saturated heterocycles. The molecule has 0 unspecified atom stereocenters. The zero-order valence-electron chi connectivity index (χ0n) is 20.8. The molecule has 3 heterocycles. The van der Waals surface area contributed by atoms with Gasteiger partial charge in [0.05, 0.1) is 37.1 Å². The molecule has 2 aliphatic heterocycles. The number of nitrogens with one attached hydrogen (secondary N) is 1. The maximum Gasteiger partial charge on any atom is 0.270 e. The number of pyridine rings is 1. The van der Waals surface area contributed by atoms with Gasteiger partial charge in [0.25, 0.3) is 5.91 Å². The van der Waals surface area contributed by atoms with Gasteiger partial charge in [0.15, 0.2) is 0 Å². The summed E-state index contributed by atoms with van der Waals surface area (Å²) in [5, 5.41) is 12.7. The van der Waals surface area contributed by atoms with Crippen LogP contribution in [0.4, 0.5) is 0 Å². The molecular formula is C31H32N2O4. The Bertz CT molecular complexity index is 1220. The van der Waals surface area contributed by atoms with Crippen LogP contribution in [0.25, 0.3) is 0 Å². The van der Waals surface area contributed by atoms with Gasteiger partial charge in [0.1, 0.15) is 5.69 Å². The minimum absolute atomic E-state index is 0.00330. The molecule has 0 saturated carbocycles. The minimum atomic E-state index is -0.214. The van der Waals surface area contributed by atoms with E-state index in [-0.39, 0.29) is 43.0 Å². The fourth-order valence-electron chi connectivity index (χ4n) is 5.05.